The van der Waals surface area contributed by atoms with Gasteiger partial charge in [-0.3, -0.25) is 4.79 Å². The van der Waals surface area contributed by atoms with Gasteiger partial charge in [-0.05, 0) is 60.7 Å². The molecule has 0 aliphatic heterocycles. The summed E-state index contributed by atoms with van der Waals surface area (Å²) in [7, 11) is 0. The Labute approximate surface area is 207 Å². The quantitative estimate of drug-likeness (QED) is 0.335. The molecule has 190 valence electrons. The number of nitrogens with one attached hydrogen (secondary N) is 1. The van der Waals surface area contributed by atoms with Crippen molar-refractivity contribution in [2.24, 2.45) is 11.8 Å². The van der Waals surface area contributed by atoms with Crippen molar-refractivity contribution in [3.05, 3.63) is 65.0 Å². The number of rotatable bonds is 12. The first-order valence-electron chi connectivity index (χ1n) is 12.7. The molecule has 0 fully saturated rings. The largest absolute Gasteiger partial charge is 0.331 e. The van der Waals surface area contributed by atoms with E-state index in [2.05, 4.69) is 48.9 Å². The van der Waals surface area contributed by atoms with Crippen LogP contribution in [0.15, 0.2) is 36.4 Å². The lowest BCUT2D eigenvalue weighted by Gasteiger charge is -2.25. The minimum Gasteiger partial charge on any atom is -0.331 e. The third-order valence-electron chi connectivity index (χ3n) is 6.22. The predicted octanol–water partition coefficient (Wildman–Crippen LogP) is 6.16. The lowest BCUT2D eigenvalue weighted by Crippen LogP contribution is -2.35. The second-order valence-corrected chi connectivity index (χ2v) is 9.85. The Kier molecular flexibility index (Phi) is 9.38. The van der Waals surface area contributed by atoms with E-state index >= 15 is 0 Å². The summed E-state index contributed by atoms with van der Waals surface area (Å²) in [5.41, 5.74) is 2.80. The number of amides is 1. The molecule has 0 radical (unpaired) electrons. The van der Waals surface area contributed by atoms with Crippen LogP contribution in [0.2, 0.25) is 0 Å². The molecule has 1 amide bonds. The SMILES string of the molecule is CCCn1c(CN(CC(C)C)C(=O)c2cc(F)ccc2F)nc2cc(CNCC(C)CC)ccc21. The highest BCUT2D eigenvalue weighted by molar-refractivity contribution is 5.94. The maximum Gasteiger partial charge on any atom is 0.257 e. The predicted molar refractivity (Wildman–Crippen MR) is 137 cm³/mol. The van der Waals surface area contributed by atoms with Gasteiger partial charge in [-0.15, -0.1) is 0 Å². The molecule has 1 N–H and O–H groups in total. The molecule has 7 heteroatoms. The highest BCUT2D eigenvalue weighted by Gasteiger charge is 2.23. The van der Waals surface area contributed by atoms with E-state index in [4.69, 9.17) is 4.98 Å². The number of aromatic nitrogens is 2. The van der Waals surface area contributed by atoms with Crippen molar-refractivity contribution in [2.75, 3.05) is 13.1 Å². The van der Waals surface area contributed by atoms with Crippen LogP contribution >= 0.6 is 0 Å². The summed E-state index contributed by atoms with van der Waals surface area (Å²) in [4.78, 5) is 19.7. The summed E-state index contributed by atoms with van der Waals surface area (Å²) in [5, 5.41) is 3.51. The van der Waals surface area contributed by atoms with Crippen molar-refractivity contribution in [2.45, 2.75) is 67.1 Å². The second-order valence-electron chi connectivity index (χ2n) is 9.85. The van der Waals surface area contributed by atoms with Crippen LogP contribution in [0, 0.1) is 23.5 Å². The van der Waals surface area contributed by atoms with Gasteiger partial charge in [0.2, 0.25) is 0 Å². The highest BCUT2D eigenvalue weighted by atomic mass is 19.1. The number of hydrogen-bond donors (Lipinski definition) is 1. The summed E-state index contributed by atoms with van der Waals surface area (Å²) < 4.78 is 30.3. The van der Waals surface area contributed by atoms with E-state index in [1.807, 2.05) is 13.8 Å². The van der Waals surface area contributed by atoms with Gasteiger partial charge in [0.25, 0.3) is 5.91 Å². The van der Waals surface area contributed by atoms with Crippen LogP contribution in [0.5, 0.6) is 0 Å². The van der Waals surface area contributed by atoms with Crippen molar-refractivity contribution in [1.82, 2.24) is 19.8 Å². The summed E-state index contributed by atoms with van der Waals surface area (Å²) in [5.74, 6) is -0.351. The van der Waals surface area contributed by atoms with Gasteiger partial charge in [-0.1, -0.05) is 47.1 Å². The Morgan fingerprint density at radius 1 is 1.11 bits per heavy atom. The fourth-order valence-electron chi connectivity index (χ4n) is 4.20. The van der Waals surface area contributed by atoms with Crippen LogP contribution in [0.1, 0.15) is 69.2 Å². The van der Waals surface area contributed by atoms with Gasteiger partial charge in [-0.2, -0.15) is 0 Å². The first-order valence-corrected chi connectivity index (χ1v) is 12.7. The number of carbonyl (C=O) groups excluding carboxylic acids is 1. The molecule has 0 aliphatic rings. The van der Waals surface area contributed by atoms with E-state index < -0.39 is 17.5 Å². The first-order chi connectivity index (χ1) is 16.7. The lowest BCUT2D eigenvalue weighted by molar-refractivity contribution is 0.0711. The summed E-state index contributed by atoms with van der Waals surface area (Å²) in [6.45, 7) is 13.6. The Hall–Kier alpha value is -2.80. The van der Waals surface area contributed by atoms with Crippen LogP contribution in [0.3, 0.4) is 0 Å². The molecule has 5 nitrogen and oxygen atoms in total. The number of hydrogen-bond acceptors (Lipinski definition) is 3. The fraction of sp³-hybridized carbons (Fsp3) is 0.500. The topological polar surface area (TPSA) is 50.2 Å². The molecule has 3 rings (SSSR count). The van der Waals surface area contributed by atoms with Crippen LogP contribution < -0.4 is 5.32 Å². The molecule has 1 heterocycles. The monoisotopic (exact) mass is 484 g/mol. The Morgan fingerprint density at radius 3 is 2.57 bits per heavy atom. The second kappa shape index (κ2) is 12.2. The minimum absolute atomic E-state index is 0.155. The van der Waals surface area contributed by atoms with Gasteiger partial charge >= 0.3 is 0 Å². The van der Waals surface area contributed by atoms with Crippen molar-refractivity contribution < 1.29 is 13.6 Å². The number of halogens is 2. The highest BCUT2D eigenvalue weighted by Crippen LogP contribution is 2.22. The van der Waals surface area contributed by atoms with E-state index in [-0.39, 0.29) is 18.0 Å². The zero-order chi connectivity index (χ0) is 25.5. The smallest absolute Gasteiger partial charge is 0.257 e. The van der Waals surface area contributed by atoms with Gasteiger partial charge in [-0.25, -0.2) is 13.8 Å². The molecular formula is C28H38F2N4O. The van der Waals surface area contributed by atoms with E-state index in [0.29, 0.717) is 12.5 Å². The zero-order valence-corrected chi connectivity index (χ0v) is 21.6. The van der Waals surface area contributed by atoms with E-state index in [9.17, 15) is 13.6 Å². The molecular weight excluding hydrogens is 446 g/mol. The normalized spacial score (nSPS) is 12.5. The number of fused-ring (bicyclic) bond motifs is 1. The zero-order valence-electron chi connectivity index (χ0n) is 21.6. The molecule has 0 aliphatic carbocycles. The van der Waals surface area contributed by atoms with Crippen LogP contribution in [-0.2, 0) is 19.6 Å². The molecule has 0 bridgehead atoms. The fourth-order valence-corrected chi connectivity index (χ4v) is 4.20. The Bertz CT molecular complexity index is 1140. The standard InChI is InChI=1S/C28H38F2N4O/c1-6-12-34-26-11-8-21(16-31-15-20(5)7-2)13-25(26)32-27(34)18-33(17-19(3)4)28(35)23-14-22(29)9-10-24(23)30/h8-11,13-14,19-20,31H,6-7,12,15-18H2,1-5H3. The third-order valence-corrected chi connectivity index (χ3v) is 6.22. The van der Waals surface area contributed by atoms with Gasteiger partial charge in [0.05, 0.1) is 23.1 Å². The average Bonchev–Trinajstić information content (AvgIpc) is 3.15. The van der Waals surface area contributed by atoms with E-state index in [1.165, 1.54) is 0 Å². The molecule has 0 saturated carbocycles. The maximum absolute atomic E-state index is 14.4. The number of aryl methyl sites for hydroxylation is 1. The van der Waals surface area contributed by atoms with Crippen molar-refractivity contribution >= 4 is 16.9 Å². The van der Waals surface area contributed by atoms with Crippen LogP contribution in [-0.4, -0.2) is 33.4 Å². The van der Waals surface area contributed by atoms with Gasteiger partial charge < -0.3 is 14.8 Å². The number of imidazole rings is 1. The molecule has 35 heavy (non-hydrogen) atoms. The number of nitrogens with zero attached hydrogens (tertiary/aromatic N) is 3. The Balaban J connectivity index is 1.91. The summed E-state index contributed by atoms with van der Waals surface area (Å²) in [6, 6.07) is 9.29. The van der Waals surface area contributed by atoms with Crippen molar-refractivity contribution in [1.29, 1.82) is 0 Å². The maximum atomic E-state index is 14.4. The first kappa shape index (κ1) is 26.8. The van der Waals surface area contributed by atoms with Gasteiger partial charge in [0.15, 0.2) is 0 Å². The average molecular weight is 485 g/mol. The van der Waals surface area contributed by atoms with Crippen molar-refractivity contribution in [3.63, 3.8) is 0 Å². The summed E-state index contributed by atoms with van der Waals surface area (Å²) in [6.07, 6.45) is 2.05. The van der Waals surface area contributed by atoms with Crippen LogP contribution in [0.4, 0.5) is 8.78 Å². The molecule has 1 unspecified atom stereocenters. The lowest BCUT2D eigenvalue weighted by atomic mass is 10.1. The molecule has 3 aromatic rings. The van der Waals surface area contributed by atoms with Gasteiger partial charge in [0.1, 0.15) is 17.5 Å². The third kappa shape index (κ3) is 6.88. The Morgan fingerprint density at radius 2 is 1.89 bits per heavy atom. The minimum atomic E-state index is -0.721. The number of benzene rings is 2. The van der Waals surface area contributed by atoms with Crippen molar-refractivity contribution in [3.8, 4) is 0 Å². The molecule has 2 aromatic carbocycles. The number of carbonyl (C=O) groups is 1. The summed E-state index contributed by atoms with van der Waals surface area (Å²) >= 11 is 0. The van der Waals surface area contributed by atoms with E-state index in [0.717, 1.165) is 73.1 Å². The molecule has 1 aromatic heterocycles. The van der Waals surface area contributed by atoms with Gasteiger partial charge in [0, 0.05) is 19.6 Å². The molecule has 0 saturated heterocycles. The molecule has 0 spiro atoms. The van der Waals surface area contributed by atoms with E-state index in [1.54, 1.807) is 4.90 Å². The van der Waals surface area contributed by atoms with Crippen LogP contribution in [0.25, 0.3) is 11.0 Å². The molecule has 1 atom stereocenters.